The molecule has 2 rings (SSSR count). The molecule has 1 unspecified atom stereocenters. The maximum Gasteiger partial charge on any atom is 0.142 e. The fourth-order valence-electron chi connectivity index (χ4n) is 1.85. The Morgan fingerprint density at radius 3 is 2.45 bits per heavy atom. The van der Waals surface area contributed by atoms with Crippen LogP contribution in [0.5, 0.6) is 0 Å². The van der Waals surface area contributed by atoms with Gasteiger partial charge < -0.3 is 5.32 Å². The molecule has 106 valence electrons. The molecule has 0 radical (unpaired) electrons. The van der Waals surface area contributed by atoms with Crippen molar-refractivity contribution in [3.8, 4) is 0 Å². The van der Waals surface area contributed by atoms with Gasteiger partial charge in [-0.1, -0.05) is 34.8 Å². The van der Waals surface area contributed by atoms with Crippen LogP contribution in [0.1, 0.15) is 18.5 Å². The van der Waals surface area contributed by atoms with Crippen LogP contribution in [-0.2, 0) is 0 Å². The average molecular weight is 398 g/mol. The first-order valence-corrected chi connectivity index (χ1v) is 7.68. The summed E-state index contributed by atoms with van der Waals surface area (Å²) in [6.45, 7) is 1.85. The highest BCUT2D eigenvalue weighted by molar-refractivity contribution is 9.10. The summed E-state index contributed by atoms with van der Waals surface area (Å²) in [6, 6.07) is 7.92. The number of halogens is 5. The summed E-state index contributed by atoms with van der Waals surface area (Å²) < 4.78 is 14.3. The standard InChI is InChI=1S/C14H10BrCl3FN/c1-7(13-10(16)4-5-12(19)14(13)18)20-8-2-3-9(15)11(17)6-8/h2-7,20H,1H3. The van der Waals surface area contributed by atoms with Crippen molar-refractivity contribution in [3.63, 3.8) is 0 Å². The van der Waals surface area contributed by atoms with Gasteiger partial charge in [0.05, 0.1) is 16.1 Å². The van der Waals surface area contributed by atoms with E-state index in [1.807, 2.05) is 19.1 Å². The Kier molecular flexibility index (Phi) is 5.19. The van der Waals surface area contributed by atoms with Crippen LogP contribution in [0.25, 0.3) is 0 Å². The molecular formula is C14H10BrCl3FN. The van der Waals surface area contributed by atoms with Gasteiger partial charge in [0.2, 0.25) is 0 Å². The van der Waals surface area contributed by atoms with Crippen LogP contribution >= 0.6 is 50.7 Å². The predicted octanol–water partition coefficient (Wildman–Crippen LogP) is 6.72. The lowest BCUT2D eigenvalue weighted by atomic mass is 10.1. The summed E-state index contributed by atoms with van der Waals surface area (Å²) in [6.07, 6.45) is 0. The molecule has 0 saturated heterocycles. The fourth-order valence-corrected chi connectivity index (χ4v) is 2.97. The Morgan fingerprint density at radius 1 is 1.10 bits per heavy atom. The first-order chi connectivity index (χ1) is 9.40. The highest BCUT2D eigenvalue weighted by Gasteiger charge is 2.17. The van der Waals surface area contributed by atoms with Gasteiger partial charge in [0.1, 0.15) is 5.82 Å². The lowest BCUT2D eigenvalue weighted by molar-refractivity contribution is 0.624. The van der Waals surface area contributed by atoms with Crippen LogP contribution < -0.4 is 5.32 Å². The van der Waals surface area contributed by atoms with Crippen molar-refractivity contribution in [2.75, 3.05) is 5.32 Å². The molecule has 0 heterocycles. The molecule has 0 spiro atoms. The minimum atomic E-state index is -0.492. The predicted molar refractivity (Wildman–Crippen MR) is 87.6 cm³/mol. The molecule has 0 aliphatic heterocycles. The molecule has 2 aromatic carbocycles. The molecular weight excluding hydrogens is 387 g/mol. The fraction of sp³-hybridized carbons (Fsp3) is 0.143. The second-order valence-corrected chi connectivity index (χ2v) is 6.30. The van der Waals surface area contributed by atoms with E-state index in [1.54, 1.807) is 6.07 Å². The van der Waals surface area contributed by atoms with Crippen LogP contribution in [0.15, 0.2) is 34.8 Å². The number of benzene rings is 2. The van der Waals surface area contributed by atoms with Crippen molar-refractivity contribution < 1.29 is 4.39 Å². The van der Waals surface area contributed by atoms with Crippen LogP contribution in [0.2, 0.25) is 15.1 Å². The lowest BCUT2D eigenvalue weighted by Crippen LogP contribution is -2.08. The Labute approximate surface area is 140 Å². The summed E-state index contributed by atoms with van der Waals surface area (Å²) >= 11 is 21.4. The molecule has 0 aliphatic carbocycles. The summed E-state index contributed by atoms with van der Waals surface area (Å²) in [5.74, 6) is -0.492. The summed E-state index contributed by atoms with van der Waals surface area (Å²) in [5, 5.41) is 4.22. The molecule has 0 bridgehead atoms. The number of rotatable bonds is 3. The molecule has 0 fully saturated rings. The minimum absolute atomic E-state index is 0.0284. The van der Waals surface area contributed by atoms with E-state index >= 15 is 0 Å². The zero-order chi connectivity index (χ0) is 14.9. The Hall–Kier alpha value is -0.480. The third kappa shape index (κ3) is 3.40. The maximum atomic E-state index is 13.5. The van der Waals surface area contributed by atoms with Gasteiger partial charge in [0, 0.05) is 20.7 Å². The monoisotopic (exact) mass is 395 g/mol. The summed E-state index contributed by atoms with van der Waals surface area (Å²) in [4.78, 5) is 0. The molecule has 1 atom stereocenters. The summed E-state index contributed by atoms with van der Waals surface area (Å²) in [7, 11) is 0. The van der Waals surface area contributed by atoms with Crippen molar-refractivity contribution in [1.29, 1.82) is 0 Å². The molecule has 0 amide bonds. The molecule has 1 N–H and O–H groups in total. The van der Waals surface area contributed by atoms with Gasteiger partial charge >= 0.3 is 0 Å². The zero-order valence-corrected chi connectivity index (χ0v) is 14.2. The second kappa shape index (κ2) is 6.52. The average Bonchev–Trinajstić information content (AvgIpc) is 2.39. The smallest absolute Gasteiger partial charge is 0.142 e. The largest absolute Gasteiger partial charge is 0.378 e. The number of hydrogen-bond donors (Lipinski definition) is 1. The highest BCUT2D eigenvalue weighted by atomic mass is 79.9. The van der Waals surface area contributed by atoms with Gasteiger partial charge in [-0.3, -0.25) is 0 Å². The van der Waals surface area contributed by atoms with Crippen LogP contribution in [0, 0.1) is 5.82 Å². The molecule has 20 heavy (non-hydrogen) atoms. The van der Waals surface area contributed by atoms with E-state index in [-0.39, 0.29) is 11.1 Å². The summed E-state index contributed by atoms with van der Waals surface area (Å²) in [5.41, 5.74) is 1.31. The van der Waals surface area contributed by atoms with E-state index in [1.165, 1.54) is 12.1 Å². The van der Waals surface area contributed by atoms with Crippen molar-refractivity contribution in [2.24, 2.45) is 0 Å². The number of hydrogen-bond acceptors (Lipinski definition) is 1. The molecule has 0 saturated carbocycles. The Bertz CT molecular complexity index is 649. The first-order valence-electron chi connectivity index (χ1n) is 5.75. The van der Waals surface area contributed by atoms with Crippen LogP contribution in [0.3, 0.4) is 0 Å². The highest BCUT2D eigenvalue weighted by Crippen LogP contribution is 2.35. The quantitative estimate of drug-likeness (QED) is 0.567. The van der Waals surface area contributed by atoms with Gasteiger partial charge in [-0.2, -0.15) is 0 Å². The molecule has 6 heteroatoms. The molecule has 0 aliphatic rings. The third-order valence-corrected chi connectivity index (χ3v) is 4.76. The maximum absolute atomic E-state index is 13.5. The van der Waals surface area contributed by atoms with Crippen molar-refractivity contribution >= 4 is 56.4 Å². The zero-order valence-electron chi connectivity index (χ0n) is 10.4. The lowest BCUT2D eigenvalue weighted by Gasteiger charge is -2.19. The minimum Gasteiger partial charge on any atom is -0.378 e. The van der Waals surface area contributed by atoms with E-state index in [4.69, 9.17) is 34.8 Å². The topological polar surface area (TPSA) is 12.0 Å². The molecule has 0 aromatic heterocycles. The van der Waals surface area contributed by atoms with E-state index in [0.717, 1.165) is 10.2 Å². The normalized spacial score (nSPS) is 12.3. The third-order valence-electron chi connectivity index (χ3n) is 2.82. The van der Waals surface area contributed by atoms with Gasteiger partial charge in [-0.15, -0.1) is 0 Å². The number of nitrogens with one attached hydrogen (secondary N) is 1. The SMILES string of the molecule is CC(Nc1ccc(Br)c(Cl)c1)c1c(Cl)ccc(F)c1Cl. The van der Waals surface area contributed by atoms with Gasteiger partial charge in [0.25, 0.3) is 0 Å². The van der Waals surface area contributed by atoms with Crippen molar-refractivity contribution in [1.82, 2.24) is 0 Å². The van der Waals surface area contributed by atoms with E-state index in [0.29, 0.717) is 15.6 Å². The van der Waals surface area contributed by atoms with E-state index < -0.39 is 5.82 Å². The Morgan fingerprint density at radius 2 is 1.80 bits per heavy atom. The first kappa shape index (κ1) is 15.9. The molecule has 1 nitrogen and oxygen atoms in total. The van der Waals surface area contributed by atoms with Crippen LogP contribution in [0.4, 0.5) is 10.1 Å². The van der Waals surface area contributed by atoms with Crippen molar-refractivity contribution in [2.45, 2.75) is 13.0 Å². The Balaban J connectivity index is 2.30. The van der Waals surface area contributed by atoms with Crippen LogP contribution in [-0.4, -0.2) is 0 Å². The van der Waals surface area contributed by atoms with Crippen molar-refractivity contribution in [3.05, 3.63) is 61.3 Å². The van der Waals surface area contributed by atoms with Gasteiger partial charge in [0.15, 0.2) is 0 Å². The second-order valence-electron chi connectivity index (χ2n) is 4.25. The van der Waals surface area contributed by atoms with E-state index in [9.17, 15) is 4.39 Å². The van der Waals surface area contributed by atoms with Gasteiger partial charge in [-0.25, -0.2) is 4.39 Å². The number of anilines is 1. The molecule has 2 aromatic rings. The van der Waals surface area contributed by atoms with Gasteiger partial charge in [-0.05, 0) is 53.2 Å². The van der Waals surface area contributed by atoms with E-state index in [2.05, 4.69) is 21.2 Å².